The SMILES string of the molecule is CCNC(=NCCCNC(=O)c1cccc(O)c1)NCCc1ccccc1Cl.I. The smallest absolute Gasteiger partial charge is 0.251 e. The van der Waals surface area contributed by atoms with Gasteiger partial charge < -0.3 is 21.1 Å². The fourth-order valence-electron chi connectivity index (χ4n) is 2.58. The minimum atomic E-state index is -0.204. The van der Waals surface area contributed by atoms with Gasteiger partial charge in [-0.05, 0) is 49.6 Å². The van der Waals surface area contributed by atoms with E-state index in [9.17, 15) is 9.90 Å². The van der Waals surface area contributed by atoms with Crippen molar-refractivity contribution >= 4 is 47.4 Å². The fourth-order valence-corrected chi connectivity index (χ4v) is 2.81. The number of amides is 1. The molecule has 0 saturated heterocycles. The fraction of sp³-hybridized carbons (Fsp3) is 0.333. The number of nitrogens with one attached hydrogen (secondary N) is 3. The average Bonchev–Trinajstić information content (AvgIpc) is 2.69. The first kappa shape index (κ1) is 25.0. The molecule has 29 heavy (non-hydrogen) atoms. The summed E-state index contributed by atoms with van der Waals surface area (Å²) in [5.74, 6) is 0.619. The number of aromatic hydroxyl groups is 1. The summed E-state index contributed by atoms with van der Waals surface area (Å²) in [6.07, 6.45) is 1.52. The minimum absolute atomic E-state index is 0. The molecule has 0 spiro atoms. The maximum atomic E-state index is 12.0. The van der Waals surface area contributed by atoms with Gasteiger partial charge in [0.25, 0.3) is 5.91 Å². The number of nitrogens with zero attached hydrogens (tertiary/aromatic N) is 1. The first-order valence-corrected chi connectivity index (χ1v) is 9.80. The molecule has 0 saturated carbocycles. The van der Waals surface area contributed by atoms with E-state index in [1.807, 2.05) is 31.2 Å². The molecule has 1 amide bonds. The van der Waals surface area contributed by atoms with Gasteiger partial charge in [0.05, 0.1) is 0 Å². The third kappa shape index (κ3) is 9.36. The summed E-state index contributed by atoms with van der Waals surface area (Å²) in [5.41, 5.74) is 1.54. The summed E-state index contributed by atoms with van der Waals surface area (Å²) in [7, 11) is 0. The third-order valence-corrected chi connectivity index (χ3v) is 4.36. The minimum Gasteiger partial charge on any atom is -0.508 e. The predicted octanol–water partition coefficient (Wildman–Crippen LogP) is 3.58. The molecule has 0 atom stereocenters. The number of carbonyl (C=O) groups excluding carboxylic acids is 1. The molecule has 2 rings (SSSR count). The van der Waals surface area contributed by atoms with Crippen molar-refractivity contribution in [1.29, 1.82) is 0 Å². The van der Waals surface area contributed by atoms with Crippen LogP contribution in [0.1, 0.15) is 29.3 Å². The number of rotatable bonds is 9. The molecule has 6 nitrogen and oxygen atoms in total. The third-order valence-electron chi connectivity index (χ3n) is 3.99. The van der Waals surface area contributed by atoms with E-state index in [1.54, 1.807) is 12.1 Å². The van der Waals surface area contributed by atoms with Crippen LogP contribution >= 0.6 is 35.6 Å². The molecule has 0 heterocycles. The van der Waals surface area contributed by atoms with Gasteiger partial charge in [0.1, 0.15) is 5.75 Å². The lowest BCUT2D eigenvalue weighted by molar-refractivity contribution is 0.0953. The number of phenolic OH excluding ortho intramolecular Hbond substituents is 1. The second kappa shape index (κ2) is 14.1. The Bertz CT molecular complexity index is 802. The zero-order valence-corrected chi connectivity index (χ0v) is 19.5. The van der Waals surface area contributed by atoms with E-state index in [-0.39, 0.29) is 35.6 Å². The largest absolute Gasteiger partial charge is 0.508 e. The molecule has 0 radical (unpaired) electrons. The van der Waals surface area contributed by atoms with E-state index in [2.05, 4.69) is 20.9 Å². The molecule has 0 unspecified atom stereocenters. The lowest BCUT2D eigenvalue weighted by atomic mass is 10.1. The molecule has 2 aromatic carbocycles. The Morgan fingerprint density at radius 1 is 1.07 bits per heavy atom. The Balaban J connectivity index is 0.00000420. The van der Waals surface area contributed by atoms with E-state index in [1.165, 1.54) is 12.1 Å². The normalized spacial score (nSPS) is 10.8. The summed E-state index contributed by atoms with van der Waals surface area (Å²) < 4.78 is 0. The van der Waals surface area contributed by atoms with E-state index in [0.29, 0.717) is 25.1 Å². The quantitative estimate of drug-likeness (QED) is 0.173. The summed E-state index contributed by atoms with van der Waals surface area (Å²) in [6, 6.07) is 14.1. The number of aliphatic imine (C=N–C) groups is 1. The van der Waals surface area contributed by atoms with E-state index in [4.69, 9.17) is 11.6 Å². The molecule has 4 N–H and O–H groups in total. The van der Waals surface area contributed by atoms with Crippen LogP contribution in [0.5, 0.6) is 5.75 Å². The first-order valence-electron chi connectivity index (χ1n) is 9.43. The summed E-state index contributed by atoms with van der Waals surface area (Å²) in [4.78, 5) is 16.5. The van der Waals surface area contributed by atoms with Crippen molar-refractivity contribution < 1.29 is 9.90 Å². The van der Waals surface area contributed by atoms with Gasteiger partial charge in [-0.3, -0.25) is 9.79 Å². The Hall–Kier alpha value is -2.00. The monoisotopic (exact) mass is 530 g/mol. The number of carbonyl (C=O) groups is 1. The van der Waals surface area contributed by atoms with Crippen molar-refractivity contribution in [1.82, 2.24) is 16.0 Å². The Labute approximate surface area is 194 Å². The van der Waals surface area contributed by atoms with Crippen molar-refractivity contribution in [3.05, 3.63) is 64.7 Å². The molecular formula is C21H28ClIN4O2. The van der Waals surface area contributed by atoms with Crippen molar-refractivity contribution in [3.63, 3.8) is 0 Å². The maximum absolute atomic E-state index is 12.0. The number of benzene rings is 2. The molecule has 0 aliphatic carbocycles. The summed E-state index contributed by atoms with van der Waals surface area (Å²) in [5, 5.41) is 19.5. The molecule has 0 aromatic heterocycles. The molecular weight excluding hydrogens is 503 g/mol. The molecule has 8 heteroatoms. The first-order chi connectivity index (χ1) is 13.6. The standard InChI is InChI=1S/C21H27ClN4O2.HI/c1-2-23-21(26-14-11-16-7-3-4-10-19(16)22)25-13-6-12-24-20(28)17-8-5-9-18(27)15-17;/h3-5,7-10,15,27H,2,6,11-14H2,1H3,(H,24,28)(H2,23,25,26);1H. The van der Waals surface area contributed by atoms with Gasteiger partial charge in [0.15, 0.2) is 5.96 Å². The van der Waals surface area contributed by atoms with Gasteiger partial charge in [-0.15, -0.1) is 24.0 Å². The zero-order valence-electron chi connectivity index (χ0n) is 16.5. The van der Waals surface area contributed by atoms with Gasteiger partial charge >= 0.3 is 0 Å². The average molecular weight is 531 g/mol. The lowest BCUT2D eigenvalue weighted by Gasteiger charge is -2.12. The second-order valence-electron chi connectivity index (χ2n) is 6.19. The van der Waals surface area contributed by atoms with Crippen LogP contribution in [0.4, 0.5) is 0 Å². The number of phenols is 1. The zero-order chi connectivity index (χ0) is 20.2. The molecule has 0 aliphatic rings. The second-order valence-corrected chi connectivity index (χ2v) is 6.60. The van der Waals surface area contributed by atoms with Gasteiger partial charge in [0.2, 0.25) is 0 Å². The highest BCUT2D eigenvalue weighted by atomic mass is 127. The van der Waals surface area contributed by atoms with Crippen molar-refractivity contribution in [2.75, 3.05) is 26.2 Å². The van der Waals surface area contributed by atoms with E-state index < -0.39 is 0 Å². The van der Waals surface area contributed by atoms with Crippen LogP contribution in [-0.4, -0.2) is 43.2 Å². The van der Waals surface area contributed by atoms with Gasteiger partial charge in [0, 0.05) is 36.8 Å². The molecule has 0 aliphatic heterocycles. The van der Waals surface area contributed by atoms with Crippen LogP contribution in [-0.2, 0) is 6.42 Å². The van der Waals surface area contributed by atoms with Crippen LogP contribution < -0.4 is 16.0 Å². The predicted molar refractivity (Wildman–Crippen MR) is 130 cm³/mol. The molecule has 158 valence electrons. The molecule has 0 fully saturated rings. The summed E-state index contributed by atoms with van der Waals surface area (Å²) in [6.45, 7) is 4.61. The number of guanidine groups is 1. The topological polar surface area (TPSA) is 85.8 Å². The molecule has 0 bridgehead atoms. The van der Waals surface area contributed by atoms with Gasteiger partial charge in [-0.25, -0.2) is 0 Å². The van der Waals surface area contributed by atoms with Gasteiger partial charge in [-0.1, -0.05) is 35.9 Å². The van der Waals surface area contributed by atoms with E-state index >= 15 is 0 Å². The van der Waals surface area contributed by atoms with E-state index in [0.717, 1.165) is 36.1 Å². The Kier molecular flexibility index (Phi) is 12.1. The van der Waals surface area contributed by atoms with Crippen molar-refractivity contribution in [2.45, 2.75) is 19.8 Å². The Morgan fingerprint density at radius 3 is 2.59 bits per heavy atom. The number of hydrogen-bond acceptors (Lipinski definition) is 3. The van der Waals surface area contributed by atoms with Crippen LogP contribution in [0.3, 0.4) is 0 Å². The number of halogens is 2. The maximum Gasteiger partial charge on any atom is 0.251 e. The lowest BCUT2D eigenvalue weighted by Crippen LogP contribution is -2.38. The highest BCUT2D eigenvalue weighted by molar-refractivity contribution is 14.0. The Morgan fingerprint density at radius 2 is 1.86 bits per heavy atom. The number of hydrogen-bond donors (Lipinski definition) is 4. The van der Waals surface area contributed by atoms with Crippen molar-refractivity contribution in [2.24, 2.45) is 4.99 Å². The highest BCUT2D eigenvalue weighted by Crippen LogP contribution is 2.14. The van der Waals surface area contributed by atoms with Crippen LogP contribution in [0, 0.1) is 0 Å². The van der Waals surface area contributed by atoms with Crippen LogP contribution in [0.2, 0.25) is 5.02 Å². The molecule has 2 aromatic rings. The summed E-state index contributed by atoms with van der Waals surface area (Å²) >= 11 is 6.18. The van der Waals surface area contributed by atoms with Crippen LogP contribution in [0.25, 0.3) is 0 Å². The van der Waals surface area contributed by atoms with Crippen molar-refractivity contribution in [3.8, 4) is 5.75 Å². The van der Waals surface area contributed by atoms with Gasteiger partial charge in [-0.2, -0.15) is 0 Å². The van der Waals surface area contributed by atoms with Crippen LogP contribution in [0.15, 0.2) is 53.5 Å². The highest BCUT2D eigenvalue weighted by Gasteiger charge is 2.05.